The molecule has 1 heterocycles. The molecule has 0 atom stereocenters. The van der Waals surface area contributed by atoms with E-state index in [2.05, 4.69) is 10.2 Å². The van der Waals surface area contributed by atoms with E-state index in [-0.39, 0.29) is 5.91 Å². The number of para-hydroxylation sites is 1. The van der Waals surface area contributed by atoms with Gasteiger partial charge < -0.3 is 4.90 Å². The molecule has 1 aromatic heterocycles. The van der Waals surface area contributed by atoms with Gasteiger partial charge in [-0.3, -0.25) is 14.5 Å². The zero-order valence-electron chi connectivity index (χ0n) is 14.3. The third kappa shape index (κ3) is 3.85. The number of amides is 1. The molecule has 6 heteroatoms. The molecule has 0 radical (unpaired) electrons. The fourth-order valence-corrected chi connectivity index (χ4v) is 3.00. The van der Waals surface area contributed by atoms with Crippen molar-refractivity contribution < 1.29 is 4.79 Å². The number of aryl methyl sites for hydroxylation is 1. The molecule has 128 valence electrons. The molecule has 0 bridgehead atoms. The number of aromatic amines is 1. The molecule has 0 saturated heterocycles. The number of rotatable bonds is 5. The Morgan fingerprint density at radius 1 is 1.16 bits per heavy atom. The molecule has 3 aromatic rings. The van der Waals surface area contributed by atoms with Crippen molar-refractivity contribution in [1.29, 1.82) is 0 Å². The van der Waals surface area contributed by atoms with Crippen LogP contribution in [0.25, 0.3) is 5.69 Å². The van der Waals surface area contributed by atoms with Crippen LogP contribution in [0, 0.1) is 11.7 Å². The summed E-state index contributed by atoms with van der Waals surface area (Å²) in [6, 6.07) is 17.8. The molecular weight excluding hydrogens is 332 g/mol. The Hall–Kier alpha value is -2.73. The molecule has 0 aliphatic rings. The van der Waals surface area contributed by atoms with Gasteiger partial charge in [0.25, 0.3) is 0 Å². The highest BCUT2D eigenvalue weighted by Crippen LogP contribution is 2.17. The van der Waals surface area contributed by atoms with Crippen molar-refractivity contribution in [3.63, 3.8) is 0 Å². The molecule has 3 rings (SSSR count). The van der Waals surface area contributed by atoms with Crippen molar-refractivity contribution in [3.05, 3.63) is 70.8 Å². The van der Waals surface area contributed by atoms with Crippen molar-refractivity contribution in [2.24, 2.45) is 0 Å². The van der Waals surface area contributed by atoms with Gasteiger partial charge in [-0.15, -0.1) is 0 Å². The first kappa shape index (κ1) is 17.1. The van der Waals surface area contributed by atoms with Gasteiger partial charge >= 0.3 is 0 Å². The fourth-order valence-electron chi connectivity index (χ4n) is 2.75. The van der Waals surface area contributed by atoms with Crippen LogP contribution in [0.1, 0.15) is 18.3 Å². The normalized spacial score (nSPS) is 10.6. The number of hydrogen-bond acceptors (Lipinski definition) is 3. The van der Waals surface area contributed by atoms with Crippen LogP contribution in [0.4, 0.5) is 5.69 Å². The second-order valence-electron chi connectivity index (χ2n) is 5.87. The number of aromatic nitrogens is 3. The summed E-state index contributed by atoms with van der Waals surface area (Å²) in [6.07, 6.45) is 0.593. The Morgan fingerprint density at radius 3 is 2.48 bits per heavy atom. The number of H-pyrrole nitrogens is 1. The highest BCUT2D eigenvalue weighted by atomic mass is 32.1. The van der Waals surface area contributed by atoms with E-state index in [4.69, 9.17) is 12.2 Å². The number of nitrogens with zero attached hydrogens (tertiary/aromatic N) is 3. The summed E-state index contributed by atoms with van der Waals surface area (Å²) in [5.74, 6) is 0.804. The van der Waals surface area contributed by atoms with E-state index >= 15 is 0 Å². The van der Waals surface area contributed by atoms with Gasteiger partial charge in [-0.2, -0.15) is 5.10 Å². The lowest BCUT2D eigenvalue weighted by atomic mass is 10.2. The molecule has 0 aliphatic heterocycles. The van der Waals surface area contributed by atoms with Gasteiger partial charge in [-0.1, -0.05) is 35.9 Å². The van der Waals surface area contributed by atoms with Gasteiger partial charge in [0.2, 0.25) is 5.91 Å². The minimum absolute atomic E-state index is 0.00393. The van der Waals surface area contributed by atoms with Crippen molar-refractivity contribution in [3.8, 4) is 5.69 Å². The van der Waals surface area contributed by atoms with Crippen LogP contribution in [-0.2, 0) is 11.2 Å². The summed E-state index contributed by atoms with van der Waals surface area (Å²) in [7, 11) is 0. The van der Waals surface area contributed by atoms with E-state index in [9.17, 15) is 4.79 Å². The predicted molar refractivity (Wildman–Crippen MR) is 102 cm³/mol. The Balaban J connectivity index is 1.84. The van der Waals surface area contributed by atoms with Gasteiger partial charge in [0.15, 0.2) is 4.77 Å². The number of carbonyl (C=O) groups is 1. The molecule has 5 nitrogen and oxygen atoms in total. The molecule has 1 amide bonds. The average Bonchev–Trinajstić information content (AvgIpc) is 2.98. The first-order chi connectivity index (χ1) is 12.1. The number of carbonyl (C=O) groups excluding carboxylic acids is 1. The van der Waals surface area contributed by atoms with Crippen LogP contribution in [0.5, 0.6) is 0 Å². The molecule has 2 aromatic carbocycles. The van der Waals surface area contributed by atoms with Crippen LogP contribution in [0.3, 0.4) is 0 Å². The monoisotopic (exact) mass is 352 g/mol. The molecule has 1 N–H and O–H groups in total. The van der Waals surface area contributed by atoms with Crippen molar-refractivity contribution >= 4 is 23.8 Å². The molecule has 0 saturated carbocycles. The minimum Gasteiger partial charge on any atom is -0.312 e. The van der Waals surface area contributed by atoms with Gasteiger partial charge in [0.1, 0.15) is 5.82 Å². The van der Waals surface area contributed by atoms with Crippen LogP contribution >= 0.6 is 12.2 Å². The third-order valence-electron chi connectivity index (χ3n) is 4.04. The topological polar surface area (TPSA) is 53.9 Å². The minimum atomic E-state index is 0.00393. The molecule has 0 spiro atoms. The van der Waals surface area contributed by atoms with E-state index < -0.39 is 0 Å². The lowest BCUT2D eigenvalue weighted by Gasteiger charge is -2.21. The Bertz CT molecular complexity index is 913. The smallest absolute Gasteiger partial charge is 0.223 e. The van der Waals surface area contributed by atoms with E-state index in [1.165, 1.54) is 0 Å². The summed E-state index contributed by atoms with van der Waals surface area (Å²) in [5, 5.41) is 7.19. The first-order valence-corrected chi connectivity index (χ1v) is 8.53. The maximum atomic E-state index is 12.1. The first-order valence-electron chi connectivity index (χ1n) is 8.13. The second-order valence-corrected chi connectivity index (χ2v) is 6.26. The summed E-state index contributed by atoms with van der Waals surface area (Å²) in [6.45, 7) is 4.14. The van der Waals surface area contributed by atoms with E-state index in [0.717, 1.165) is 22.8 Å². The zero-order chi connectivity index (χ0) is 17.8. The summed E-state index contributed by atoms with van der Waals surface area (Å²) < 4.78 is 2.45. The van der Waals surface area contributed by atoms with E-state index in [0.29, 0.717) is 17.7 Å². The average molecular weight is 352 g/mol. The van der Waals surface area contributed by atoms with Gasteiger partial charge in [0.05, 0.1) is 0 Å². The lowest BCUT2D eigenvalue weighted by molar-refractivity contribution is -0.116. The number of anilines is 1. The SMILES string of the molecule is CC(=O)N(CCc1n[nH]c(=S)n1-c1ccccc1)c1ccc(C)cc1. The highest BCUT2D eigenvalue weighted by molar-refractivity contribution is 7.71. The Morgan fingerprint density at radius 2 is 1.84 bits per heavy atom. The van der Waals surface area contributed by atoms with Crippen molar-refractivity contribution in [2.45, 2.75) is 20.3 Å². The highest BCUT2D eigenvalue weighted by Gasteiger charge is 2.14. The third-order valence-corrected chi connectivity index (χ3v) is 4.31. The van der Waals surface area contributed by atoms with E-state index in [1.54, 1.807) is 11.8 Å². The van der Waals surface area contributed by atoms with Crippen LogP contribution < -0.4 is 4.90 Å². The number of hydrogen-bond donors (Lipinski definition) is 1. The quantitative estimate of drug-likeness (QED) is 0.710. The number of nitrogens with one attached hydrogen (secondary N) is 1. The van der Waals surface area contributed by atoms with Crippen LogP contribution in [0.2, 0.25) is 0 Å². The van der Waals surface area contributed by atoms with Crippen molar-refractivity contribution in [2.75, 3.05) is 11.4 Å². The van der Waals surface area contributed by atoms with Gasteiger partial charge in [-0.05, 0) is 43.4 Å². The summed E-state index contributed by atoms with van der Waals surface area (Å²) >= 11 is 5.36. The summed E-state index contributed by atoms with van der Waals surface area (Å²) in [4.78, 5) is 13.8. The number of benzene rings is 2. The largest absolute Gasteiger partial charge is 0.312 e. The van der Waals surface area contributed by atoms with Crippen LogP contribution in [0.15, 0.2) is 54.6 Å². The Kier molecular flexibility index (Phi) is 5.09. The molecule has 0 fully saturated rings. The Labute approximate surface area is 151 Å². The van der Waals surface area contributed by atoms with Gasteiger partial charge in [-0.25, -0.2) is 0 Å². The molecule has 25 heavy (non-hydrogen) atoms. The fraction of sp³-hybridized carbons (Fsp3) is 0.211. The van der Waals surface area contributed by atoms with E-state index in [1.807, 2.05) is 66.1 Å². The zero-order valence-corrected chi connectivity index (χ0v) is 15.1. The molecule has 0 aliphatic carbocycles. The molecular formula is C19H20N4OS. The van der Waals surface area contributed by atoms with Crippen LogP contribution in [-0.4, -0.2) is 27.2 Å². The maximum Gasteiger partial charge on any atom is 0.223 e. The van der Waals surface area contributed by atoms with Crippen molar-refractivity contribution in [1.82, 2.24) is 14.8 Å². The van der Waals surface area contributed by atoms with Gasteiger partial charge in [0, 0.05) is 31.3 Å². The summed E-state index contributed by atoms with van der Waals surface area (Å²) in [5.41, 5.74) is 3.01. The standard InChI is InChI=1S/C19H20N4OS/c1-14-8-10-16(11-9-14)22(15(2)24)13-12-18-20-21-19(25)23(18)17-6-4-3-5-7-17/h3-11H,12-13H2,1-2H3,(H,21,25). The maximum absolute atomic E-state index is 12.1. The molecule has 0 unspecified atom stereocenters. The lowest BCUT2D eigenvalue weighted by Crippen LogP contribution is -2.31. The second kappa shape index (κ2) is 7.44. The predicted octanol–water partition coefficient (Wildman–Crippen LogP) is 3.83.